The van der Waals surface area contributed by atoms with E-state index in [0.29, 0.717) is 0 Å². The minimum atomic E-state index is -4.08. The van der Waals surface area contributed by atoms with Crippen LogP contribution in [0.25, 0.3) is 11.1 Å². The number of sulfonamides is 1. The summed E-state index contributed by atoms with van der Waals surface area (Å²) in [6.45, 7) is 0. The largest absolute Gasteiger partial charge is 0.322 e. The molecule has 12 nitrogen and oxygen atoms in total. The maximum absolute atomic E-state index is 13.3. The maximum Gasteiger partial charge on any atom is 0.270 e. The van der Waals surface area contributed by atoms with Gasteiger partial charge in [-0.25, -0.2) is 30.0 Å². The minimum absolute atomic E-state index is 0.00470. The number of benzene rings is 3. The Morgan fingerprint density at radius 3 is 2.19 bits per heavy atom. The van der Waals surface area contributed by atoms with E-state index >= 15 is 0 Å². The van der Waals surface area contributed by atoms with Gasteiger partial charge in [-0.3, -0.25) is 14.9 Å². The monoisotopic (exact) mass is 566 g/mol. The molecule has 0 aliphatic rings. The Kier molecular flexibility index (Phi) is 7.55. The standard InChI is InChI=1S/C22H20N3O9S3/c1-23-37(33,34)16-7-4-6-14(12-16)24-22(26)18-13-15(25(27)28)10-11-17(18)21-19(35(2,29)30)8-5-9-20(21)36(3,31)32/h4-8,10-13,23H,1-3H3,(H,24,26). The van der Waals surface area contributed by atoms with Crippen LogP contribution in [0.4, 0.5) is 11.4 Å². The number of anilines is 1. The number of hydrogen-bond acceptors (Lipinski definition) is 9. The Hall–Kier alpha value is -3.66. The van der Waals surface area contributed by atoms with Crippen molar-refractivity contribution in [2.24, 2.45) is 0 Å². The van der Waals surface area contributed by atoms with Crippen LogP contribution < -0.4 is 10.0 Å². The molecule has 3 aromatic carbocycles. The molecule has 3 rings (SSSR count). The molecule has 3 aromatic rings. The van der Waals surface area contributed by atoms with Crippen molar-refractivity contribution in [3.05, 3.63) is 76.3 Å². The Bertz CT molecular complexity index is 1700. The Labute approximate surface area is 213 Å². The minimum Gasteiger partial charge on any atom is -0.322 e. The zero-order valence-electron chi connectivity index (χ0n) is 19.5. The highest BCUT2D eigenvalue weighted by Crippen LogP contribution is 2.37. The molecule has 2 N–H and O–H groups in total. The summed E-state index contributed by atoms with van der Waals surface area (Å²) >= 11 is 0. The van der Waals surface area contributed by atoms with Gasteiger partial charge in [0.25, 0.3) is 11.6 Å². The second-order valence-electron chi connectivity index (χ2n) is 7.77. The van der Waals surface area contributed by atoms with Crippen molar-refractivity contribution in [3.63, 3.8) is 0 Å². The van der Waals surface area contributed by atoms with Crippen molar-refractivity contribution in [2.45, 2.75) is 14.7 Å². The van der Waals surface area contributed by atoms with E-state index < -0.39 is 61.6 Å². The van der Waals surface area contributed by atoms with Crippen molar-refractivity contribution >= 4 is 47.0 Å². The summed E-state index contributed by atoms with van der Waals surface area (Å²) in [5.74, 6) is -0.986. The third-order valence-electron chi connectivity index (χ3n) is 5.09. The highest BCUT2D eigenvalue weighted by Gasteiger charge is 2.28. The molecule has 1 radical (unpaired) electrons. The van der Waals surface area contributed by atoms with Gasteiger partial charge in [0.1, 0.15) is 0 Å². The maximum atomic E-state index is 13.3. The number of nitrogens with one attached hydrogen (secondary N) is 2. The fourth-order valence-corrected chi connectivity index (χ4v) is 6.04. The van der Waals surface area contributed by atoms with E-state index in [2.05, 4.69) is 16.1 Å². The van der Waals surface area contributed by atoms with Crippen LogP contribution in [-0.4, -0.2) is 55.6 Å². The molecular formula is C22H20N3O9S3. The molecule has 195 valence electrons. The van der Waals surface area contributed by atoms with Crippen LogP contribution in [-0.2, 0) is 29.7 Å². The first-order valence-electron chi connectivity index (χ1n) is 10.1. The van der Waals surface area contributed by atoms with E-state index in [1.165, 1.54) is 25.2 Å². The number of sulfone groups is 2. The number of carbonyl (C=O) groups excluding carboxylic acids is 1. The molecule has 1 amide bonds. The molecule has 0 unspecified atom stereocenters. The lowest BCUT2D eigenvalue weighted by molar-refractivity contribution is -0.384. The van der Waals surface area contributed by atoms with Crippen LogP contribution in [0.2, 0.25) is 0 Å². The molecule has 0 fully saturated rings. The lowest BCUT2D eigenvalue weighted by Gasteiger charge is -2.16. The summed E-state index contributed by atoms with van der Waals surface area (Å²) in [6, 6.07) is 12.8. The highest BCUT2D eigenvalue weighted by molar-refractivity contribution is 7.91. The van der Waals surface area contributed by atoms with E-state index in [1.807, 2.05) is 0 Å². The number of nitro benzene ring substituents is 1. The first kappa shape index (κ1) is 27.9. The molecule has 0 aromatic heterocycles. The summed E-state index contributed by atoms with van der Waals surface area (Å²) in [5, 5.41) is 13.8. The molecule has 37 heavy (non-hydrogen) atoms. The zero-order chi connectivity index (χ0) is 27.8. The lowest BCUT2D eigenvalue weighted by atomic mass is 9.98. The second-order valence-corrected chi connectivity index (χ2v) is 13.6. The molecule has 0 saturated heterocycles. The number of carbonyl (C=O) groups is 1. The number of nitrogens with zero attached hydrogens (tertiary/aromatic N) is 1. The van der Waals surface area contributed by atoms with Crippen molar-refractivity contribution in [3.8, 4) is 11.1 Å². The van der Waals surface area contributed by atoms with Gasteiger partial charge in [0.15, 0.2) is 19.7 Å². The predicted molar refractivity (Wildman–Crippen MR) is 134 cm³/mol. The van der Waals surface area contributed by atoms with E-state index in [-0.39, 0.29) is 21.7 Å². The number of nitro groups is 1. The van der Waals surface area contributed by atoms with Crippen molar-refractivity contribution < 1.29 is 35.0 Å². The number of amides is 1. The first-order chi connectivity index (χ1) is 17.1. The van der Waals surface area contributed by atoms with Gasteiger partial charge in [0.05, 0.1) is 25.2 Å². The topological polar surface area (TPSA) is 187 Å². The van der Waals surface area contributed by atoms with E-state index in [9.17, 15) is 40.2 Å². The number of hydrogen-bond donors (Lipinski definition) is 2. The molecule has 0 aliphatic carbocycles. The normalized spacial score (nSPS) is 12.2. The molecule has 0 heterocycles. The average Bonchev–Trinajstić information content (AvgIpc) is 2.82. The predicted octanol–water partition coefficient (Wildman–Crippen LogP) is 2.03. The SMILES string of the molecule is CNS(=O)(=O)c1cccc(NC(=O)c2cc([N+](=O)[O-])ccc2-c2c(S(C)(=O)=O)[c]ccc2S(C)(=O)=O)c1. The first-order valence-corrected chi connectivity index (χ1v) is 15.4. The highest BCUT2D eigenvalue weighted by atomic mass is 32.2. The second kappa shape index (κ2) is 10.0. The van der Waals surface area contributed by atoms with Gasteiger partial charge in [0.2, 0.25) is 10.0 Å². The van der Waals surface area contributed by atoms with Crippen LogP contribution in [0.15, 0.2) is 69.3 Å². The van der Waals surface area contributed by atoms with Crippen LogP contribution >= 0.6 is 0 Å². The Morgan fingerprint density at radius 2 is 1.62 bits per heavy atom. The summed E-state index contributed by atoms with van der Waals surface area (Å²) in [4.78, 5) is 22.8. The van der Waals surface area contributed by atoms with Crippen LogP contribution in [0.3, 0.4) is 0 Å². The summed E-state index contributed by atoms with van der Waals surface area (Å²) < 4.78 is 76.5. The summed E-state index contributed by atoms with van der Waals surface area (Å²) in [6.07, 6.45) is 1.67. The van der Waals surface area contributed by atoms with Crippen LogP contribution in [0.1, 0.15) is 10.4 Å². The Morgan fingerprint density at radius 1 is 0.946 bits per heavy atom. The molecule has 0 spiro atoms. The van der Waals surface area contributed by atoms with Gasteiger partial charge in [-0.2, -0.15) is 0 Å². The van der Waals surface area contributed by atoms with Crippen LogP contribution in [0, 0.1) is 16.2 Å². The lowest BCUT2D eigenvalue weighted by Crippen LogP contribution is -2.19. The van der Waals surface area contributed by atoms with Gasteiger partial charge < -0.3 is 5.32 Å². The summed E-state index contributed by atoms with van der Waals surface area (Å²) in [5.41, 5.74) is -1.54. The molecule has 0 saturated carbocycles. The van der Waals surface area contributed by atoms with Gasteiger partial charge >= 0.3 is 0 Å². The molecular weight excluding hydrogens is 546 g/mol. The molecule has 15 heteroatoms. The Balaban J connectivity index is 2.30. The smallest absolute Gasteiger partial charge is 0.270 e. The van der Waals surface area contributed by atoms with Gasteiger partial charge in [0, 0.05) is 42.0 Å². The quantitative estimate of drug-likeness (QED) is 0.304. The molecule has 0 bridgehead atoms. The summed E-state index contributed by atoms with van der Waals surface area (Å²) in [7, 11) is -10.8. The van der Waals surface area contributed by atoms with Gasteiger partial charge in [-0.15, -0.1) is 0 Å². The third kappa shape index (κ3) is 6.02. The fraction of sp³-hybridized carbons (Fsp3) is 0.136. The fourth-order valence-electron chi connectivity index (χ4n) is 3.43. The number of non-ortho nitro benzene ring substituents is 1. The van der Waals surface area contributed by atoms with E-state index in [1.54, 1.807) is 0 Å². The molecule has 0 aliphatic heterocycles. The van der Waals surface area contributed by atoms with Crippen LogP contribution in [0.5, 0.6) is 0 Å². The van der Waals surface area contributed by atoms with Crippen molar-refractivity contribution in [2.75, 3.05) is 24.9 Å². The average molecular weight is 567 g/mol. The van der Waals surface area contributed by atoms with E-state index in [0.717, 1.165) is 48.9 Å². The molecule has 0 atom stereocenters. The number of rotatable bonds is 8. The van der Waals surface area contributed by atoms with Crippen molar-refractivity contribution in [1.82, 2.24) is 4.72 Å². The van der Waals surface area contributed by atoms with Crippen molar-refractivity contribution in [1.29, 1.82) is 0 Å². The zero-order valence-corrected chi connectivity index (χ0v) is 22.0. The third-order valence-corrected chi connectivity index (χ3v) is 8.71. The van der Waals surface area contributed by atoms with Gasteiger partial charge in [-0.05, 0) is 42.9 Å². The van der Waals surface area contributed by atoms with Gasteiger partial charge in [-0.1, -0.05) is 12.1 Å². The van der Waals surface area contributed by atoms with E-state index in [4.69, 9.17) is 0 Å².